The van der Waals surface area contributed by atoms with Crippen LogP contribution in [-0.4, -0.2) is 37.4 Å². The molecule has 1 atom stereocenters. The molecule has 0 saturated heterocycles. The maximum absolute atomic E-state index is 8.65. The molecule has 0 aromatic carbocycles. The minimum absolute atomic E-state index is 0. The minimum atomic E-state index is 0. The number of halogens is 1. The third kappa shape index (κ3) is 5.44. The molecule has 0 aliphatic carbocycles. The normalized spacial score (nSPS) is 13.0. The zero-order chi connectivity index (χ0) is 6.57. The predicted octanol–water partition coefficient (Wildman–Crippen LogP) is -4.18. The summed E-state index contributed by atoms with van der Waals surface area (Å²) in [5, 5.41) is 9.00. The number of likely N-dealkylation sites (N-methyl/N-ethyl adjacent to an activating group) is 1. The summed E-state index contributed by atoms with van der Waals surface area (Å²) in [6.07, 6.45) is 2.01. The van der Waals surface area contributed by atoms with E-state index in [-0.39, 0.29) is 30.6 Å². The quantitative estimate of drug-likeness (QED) is 0.399. The first kappa shape index (κ1) is 12.7. The van der Waals surface area contributed by atoms with Gasteiger partial charge in [0.25, 0.3) is 0 Å². The third-order valence-electron chi connectivity index (χ3n) is 1.09. The average Bonchev–Trinajstić information content (AvgIpc) is 1.69. The zero-order valence-electron chi connectivity index (χ0n) is 6.02. The van der Waals surface area contributed by atoms with Gasteiger partial charge in [0.2, 0.25) is 0 Å². The fraction of sp³-hybridized carbons (Fsp3) is 1.00. The lowest BCUT2D eigenvalue weighted by Gasteiger charge is -2.15. The molecule has 0 aliphatic rings. The first-order valence-electron chi connectivity index (χ1n) is 2.66. The van der Waals surface area contributed by atoms with Crippen molar-refractivity contribution in [2.45, 2.75) is 5.37 Å². The molecule has 0 saturated carbocycles. The van der Waals surface area contributed by atoms with Crippen LogP contribution in [0.15, 0.2) is 0 Å². The highest BCUT2D eigenvalue weighted by molar-refractivity contribution is 7.99. The highest BCUT2D eigenvalue weighted by Gasteiger charge is 2.09. The van der Waals surface area contributed by atoms with E-state index in [0.717, 1.165) is 0 Å². The van der Waals surface area contributed by atoms with Gasteiger partial charge >= 0.3 is 0 Å². The number of hydrogen-bond acceptors (Lipinski definition) is 2. The van der Waals surface area contributed by atoms with E-state index in [1.807, 2.05) is 20.4 Å². The Hall–Kier alpha value is 1.00. The summed E-state index contributed by atoms with van der Waals surface area (Å²) in [6.45, 7) is 0.267. The molecule has 0 aromatic heterocycles. The Labute approximate surface area is 78.0 Å². The van der Waals surface area contributed by atoms with Gasteiger partial charge in [-0.05, 0) is 6.26 Å². The van der Waals surface area contributed by atoms with Crippen LogP contribution in [0.4, 0.5) is 0 Å². The predicted molar refractivity (Wildman–Crippen MR) is 37.2 cm³/mol. The Balaban J connectivity index is 0. The van der Waals surface area contributed by atoms with Gasteiger partial charge in [-0.2, -0.15) is 0 Å². The molecule has 0 spiro atoms. The standard InChI is InChI=1S/C5H13NOS.HI/c1-6(2)5(4-7)8-3;/h5,7H,4H2,1-3H3;1H. The van der Waals surface area contributed by atoms with Gasteiger partial charge in [-0.25, -0.2) is 0 Å². The van der Waals surface area contributed by atoms with Gasteiger partial charge in [-0.3, -0.25) is 0 Å². The maximum Gasteiger partial charge on any atom is 0.157 e. The maximum atomic E-state index is 8.65. The van der Waals surface area contributed by atoms with Crippen LogP contribution in [0.5, 0.6) is 0 Å². The highest BCUT2D eigenvalue weighted by atomic mass is 127. The Kier molecular flexibility index (Phi) is 10.0. The van der Waals surface area contributed by atoms with E-state index in [2.05, 4.69) is 0 Å². The van der Waals surface area contributed by atoms with Crippen molar-refractivity contribution in [3.8, 4) is 0 Å². The molecule has 0 radical (unpaired) electrons. The number of nitrogens with one attached hydrogen (secondary N) is 1. The molecule has 0 amide bonds. The number of thioether (sulfide) groups is 1. The highest BCUT2D eigenvalue weighted by Crippen LogP contribution is 1.94. The minimum Gasteiger partial charge on any atom is -1.00 e. The van der Waals surface area contributed by atoms with E-state index in [4.69, 9.17) is 5.11 Å². The number of aliphatic hydroxyl groups is 1. The van der Waals surface area contributed by atoms with E-state index in [0.29, 0.717) is 5.37 Å². The van der Waals surface area contributed by atoms with Gasteiger partial charge in [-0.15, -0.1) is 11.8 Å². The van der Waals surface area contributed by atoms with Crippen LogP contribution < -0.4 is 28.9 Å². The van der Waals surface area contributed by atoms with Crippen molar-refractivity contribution in [2.75, 3.05) is 27.0 Å². The van der Waals surface area contributed by atoms with Crippen LogP contribution in [0, 0.1) is 0 Å². The Morgan fingerprint density at radius 1 is 1.56 bits per heavy atom. The largest absolute Gasteiger partial charge is 1.00 e. The first-order valence-corrected chi connectivity index (χ1v) is 3.95. The zero-order valence-corrected chi connectivity index (χ0v) is 8.99. The van der Waals surface area contributed by atoms with Crippen molar-refractivity contribution in [1.29, 1.82) is 0 Å². The van der Waals surface area contributed by atoms with Crippen molar-refractivity contribution in [3.63, 3.8) is 0 Å². The SMILES string of the molecule is CSC(CO)[NH+](C)C.[I-]. The second-order valence-electron chi connectivity index (χ2n) is 1.98. The Bertz CT molecular complexity index is 58.9. The van der Waals surface area contributed by atoms with Crippen LogP contribution in [-0.2, 0) is 0 Å². The third-order valence-corrected chi connectivity index (χ3v) is 2.28. The lowest BCUT2D eigenvalue weighted by atomic mass is 10.6. The molecule has 9 heavy (non-hydrogen) atoms. The van der Waals surface area contributed by atoms with Crippen LogP contribution >= 0.6 is 11.8 Å². The molecule has 58 valence electrons. The van der Waals surface area contributed by atoms with E-state index >= 15 is 0 Å². The summed E-state index contributed by atoms with van der Waals surface area (Å²) in [4.78, 5) is 1.29. The van der Waals surface area contributed by atoms with Gasteiger partial charge in [0.05, 0.1) is 14.1 Å². The summed E-state index contributed by atoms with van der Waals surface area (Å²) in [6, 6.07) is 0. The van der Waals surface area contributed by atoms with Gasteiger partial charge in [0.15, 0.2) is 5.37 Å². The molecule has 1 unspecified atom stereocenters. The molecule has 0 heterocycles. The van der Waals surface area contributed by atoms with Crippen molar-refractivity contribution in [3.05, 3.63) is 0 Å². The summed E-state index contributed by atoms with van der Waals surface area (Å²) in [5.41, 5.74) is 0. The lowest BCUT2D eigenvalue weighted by molar-refractivity contribution is -0.869. The molecule has 0 bridgehead atoms. The Morgan fingerprint density at radius 2 is 2.00 bits per heavy atom. The molecule has 2 nitrogen and oxygen atoms in total. The number of quaternary nitrogens is 1. The molecular weight excluding hydrogens is 249 g/mol. The summed E-state index contributed by atoms with van der Waals surface area (Å²) in [7, 11) is 4.08. The van der Waals surface area contributed by atoms with E-state index < -0.39 is 0 Å². The van der Waals surface area contributed by atoms with Gasteiger partial charge in [0, 0.05) is 0 Å². The monoisotopic (exact) mass is 263 g/mol. The van der Waals surface area contributed by atoms with Gasteiger partial charge < -0.3 is 34.0 Å². The lowest BCUT2D eigenvalue weighted by Crippen LogP contribution is -3.09. The Morgan fingerprint density at radius 3 is 2.00 bits per heavy atom. The molecule has 4 heteroatoms. The summed E-state index contributed by atoms with van der Waals surface area (Å²) >= 11 is 1.69. The molecule has 0 aromatic rings. The molecule has 0 rings (SSSR count). The fourth-order valence-corrected chi connectivity index (χ4v) is 1.11. The first-order chi connectivity index (χ1) is 3.72. The van der Waals surface area contributed by atoms with E-state index in [1.54, 1.807) is 11.8 Å². The molecule has 0 aliphatic heterocycles. The van der Waals surface area contributed by atoms with E-state index in [9.17, 15) is 0 Å². The summed E-state index contributed by atoms with van der Waals surface area (Å²) in [5.74, 6) is 0. The van der Waals surface area contributed by atoms with Crippen molar-refractivity contribution >= 4 is 11.8 Å². The van der Waals surface area contributed by atoms with Crippen LogP contribution in [0.25, 0.3) is 0 Å². The van der Waals surface area contributed by atoms with Crippen LogP contribution in [0.3, 0.4) is 0 Å². The van der Waals surface area contributed by atoms with Crippen molar-refractivity contribution in [1.82, 2.24) is 0 Å². The van der Waals surface area contributed by atoms with Crippen LogP contribution in [0.2, 0.25) is 0 Å². The molecule has 2 N–H and O–H groups in total. The van der Waals surface area contributed by atoms with Crippen molar-refractivity contribution < 1.29 is 34.0 Å². The van der Waals surface area contributed by atoms with E-state index in [1.165, 1.54) is 4.90 Å². The topological polar surface area (TPSA) is 24.7 Å². The average molecular weight is 263 g/mol. The smallest absolute Gasteiger partial charge is 0.157 e. The van der Waals surface area contributed by atoms with Crippen molar-refractivity contribution in [2.24, 2.45) is 0 Å². The van der Waals surface area contributed by atoms with Crippen LogP contribution in [0.1, 0.15) is 0 Å². The number of hydrogen-bond donors (Lipinski definition) is 2. The van der Waals surface area contributed by atoms with Gasteiger partial charge in [0.1, 0.15) is 6.61 Å². The van der Waals surface area contributed by atoms with Gasteiger partial charge in [-0.1, -0.05) is 0 Å². The molecular formula is C5H14INOS. The second kappa shape index (κ2) is 7.11. The number of aliphatic hydroxyl groups excluding tert-OH is 1. The fourth-order valence-electron chi connectivity index (χ4n) is 0.493. The number of rotatable bonds is 3. The summed E-state index contributed by atoms with van der Waals surface area (Å²) < 4.78 is 0. The second-order valence-corrected chi connectivity index (χ2v) is 3.02. The molecule has 0 fully saturated rings.